The smallest absolute Gasteiger partial charge is 0.213 e. The van der Waals surface area contributed by atoms with Crippen molar-refractivity contribution < 1.29 is 13.2 Å². The number of nitrogens with one attached hydrogen (secondary N) is 1. The fourth-order valence-corrected chi connectivity index (χ4v) is 2.02. The first kappa shape index (κ1) is 8.96. The molecule has 5 heteroatoms. The maximum atomic E-state index is 11.0. The summed E-state index contributed by atoms with van der Waals surface area (Å²) in [5.74, 6) is 0.101. The normalized spacial score (nSPS) is 25.7. The van der Waals surface area contributed by atoms with E-state index < -0.39 is 10.0 Å². The third-order valence-electron chi connectivity index (χ3n) is 1.74. The van der Waals surface area contributed by atoms with Crippen molar-refractivity contribution in [2.24, 2.45) is 0 Å². The fourth-order valence-electron chi connectivity index (χ4n) is 1.10. The van der Waals surface area contributed by atoms with Gasteiger partial charge in [0.2, 0.25) is 10.0 Å². The third-order valence-corrected chi connectivity index (χ3v) is 3.17. The lowest BCUT2D eigenvalue weighted by Gasteiger charge is -2.08. The van der Waals surface area contributed by atoms with Gasteiger partial charge in [0.15, 0.2) is 0 Å². The predicted octanol–water partition coefficient (Wildman–Crippen LogP) is -0.285. The minimum atomic E-state index is -3.08. The van der Waals surface area contributed by atoms with Crippen LogP contribution in [0.5, 0.6) is 0 Å². The van der Waals surface area contributed by atoms with Crippen LogP contribution in [0.15, 0.2) is 0 Å². The monoisotopic (exact) mass is 179 g/mol. The van der Waals surface area contributed by atoms with Gasteiger partial charge in [-0.1, -0.05) is 0 Å². The van der Waals surface area contributed by atoms with Crippen molar-refractivity contribution in [2.75, 3.05) is 19.4 Å². The fraction of sp³-hybridized carbons (Fsp3) is 1.00. The van der Waals surface area contributed by atoms with Gasteiger partial charge in [-0.25, -0.2) is 13.1 Å². The van der Waals surface area contributed by atoms with Crippen molar-refractivity contribution in [1.82, 2.24) is 4.72 Å². The zero-order valence-electron chi connectivity index (χ0n) is 6.54. The van der Waals surface area contributed by atoms with Crippen molar-refractivity contribution in [1.29, 1.82) is 0 Å². The van der Waals surface area contributed by atoms with Crippen LogP contribution in [0.3, 0.4) is 0 Å². The number of hydrogen-bond donors (Lipinski definition) is 1. The quantitative estimate of drug-likeness (QED) is 0.648. The second-order valence-electron chi connectivity index (χ2n) is 2.62. The highest BCUT2D eigenvalue weighted by Crippen LogP contribution is 2.12. The maximum Gasteiger partial charge on any atom is 0.213 e. The molecule has 1 aliphatic heterocycles. The summed E-state index contributed by atoms with van der Waals surface area (Å²) >= 11 is 0. The van der Waals surface area contributed by atoms with Crippen LogP contribution in [-0.4, -0.2) is 33.9 Å². The van der Waals surface area contributed by atoms with Gasteiger partial charge in [0.05, 0.1) is 11.9 Å². The van der Waals surface area contributed by atoms with Crippen LogP contribution in [0.2, 0.25) is 0 Å². The van der Waals surface area contributed by atoms with E-state index in [0.29, 0.717) is 6.61 Å². The first-order valence-corrected chi connectivity index (χ1v) is 5.32. The van der Waals surface area contributed by atoms with Crippen molar-refractivity contribution in [3.8, 4) is 0 Å². The molecule has 0 saturated carbocycles. The Balaban J connectivity index is 2.41. The molecule has 1 rings (SSSR count). The molecular weight excluding hydrogens is 166 g/mol. The zero-order valence-corrected chi connectivity index (χ0v) is 7.36. The molecular formula is C6H13NO3S. The minimum Gasteiger partial charge on any atom is -0.377 e. The Kier molecular flexibility index (Phi) is 2.86. The zero-order chi connectivity index (χ0) is 8.32. The highest BCUT2D eigenvalue weighted by atomic mass is 32.2. The topological polar surface area (TPSA) is 55.4 Å². The summed E-state index contributed by atoms with van der Waals surface area (Å²) in [6, 6.07) is 0. The summed E-state index contributed by atoms with van der Waals surface area (Å²) in [6.45, 7) is 0.698. The molecule has 0 aromatic carbocycles. The predicted molar refractivity (Wildman–Crippen MR) is 41.8 cm³/mol. The second-order valence-corrected chi connectivity index (χ2v) is 4.59. The highest BCUT2D eigenvalue weighted by Gasteiger charge is 2.21. The van der Waals surface area contributed by atoms with E-state index in [1.54, 1.807) is 0 Å². The average molecular weight is 179 g/mol. The van der Waals surface area contributed by atoms with Crippen LogP contribution < -0.4 is 4.72 Å². The number of hydrogen-bond acceptors (Lipinski definition) is 3. The summed E-state index contributed by atoms with van der Waals surface area (Å²) in [5, 5.41) is 0. The van der Waals surface area contributed by atoms with Crippen LogP contribution in [-0.2, 0) is 14.8 Å². The molecule has 1 heterocycles. The van der Waals surface area contributed by atoms with Crippen LogP contribution in [0.25, 0.3) is 0 Å². The van der Waals surface area contributed by atoms with Gasteiger partial charge in [-0.05, 0) is 19.9 Å². The van der Waals surface area contributed by atoms with Crippen molar-refractivity contribution in [2.45, 2.75) is 18.9 Å². The lowest BCUT2D eigenvalue weighted by molar-refractivity contribution is 0.127. The Labute approximate surface area is 67.0 Å². The maximum absolute atomic E-state index is 11.0. The molecule has 1 aliphatic rings. The van der Waals surface area contributed by atoms with Gasteiger partial charge in [0.1, 0.15) is 0 Å². The molecule has 0 aliphatic carbocycles. The van der Waals surface area contributed by atoms with E-state index in [9.17, 15) is 8.42 Å². The van der Waals surface area contributed by atoms with E-state index in [1.165, 1.54) is 7.05 Å². The van der Waals surface area contributed by atoms with E-state index in [4.69, 9.17) is 4.74 Å². The molecule has 11 heavy (non-hydrogen) atoms. The molecule has 1 unspecified atom stereocenters. The van der Waals surface area contributed by atoms with Gasteiger partial charge < -0.3 is 4.74 Å². The summed E-state index contributed by atoms with van der Waals surface area (Å²) in [6.07, 6.45) is 1.75. The Hall–Kier alpha value is -0.130. The van der Waals surface area contributed by atoms with Gasteiger partial charge in [0, 0.05) is 6.61 Å². The minimum absolute atomic E-state index is 0.0903. The summed E-state index contributed by atoms with van der Waals surface area (Å²) in [5.41, 5.74) is 0. The summed E-state index contributed by atoms with van der Waals surface area (Å²) in [4.78, 5) is 0. The second kappa shape index (κ2) is 3.51. The van der Waals surface area contributed by atoms with Gasteiger partial charge in [-0.15, -0.1) is 0 Å². The molecule has 0 aromatic heterocycles. The Morgan fingerprint density at radius 3 is 2.82 bits per heavy atom. The number of rotatable bonds is 3. The first-order chi connectivity index (χ1) is 5.14. The van der Waals surface area contributed by atoms with E-state index in [1.807, 2.05) is 0 Å². The molecule has 66 valence electrons. The molecule has 0 aromatic rings. The van der Waals surface area contributed by atoms with E-state index >= 15 is 0 Å². The molecule has 0 amide bonds. The van der Waals surface area contributed by atoms with Gasteiger partial charge >= 0.3 is 0 Å². The average Bonchev–Trinajstić information content (AvgIpc) is 2.39. The van der Waals surface area contributed by atoms with E-state index in [-0.39, 0.29) is 11.9 Å². The highest BCUT2D eigenvalue weighted by molar-refractivity contribution is 7.89. The Morgan fingerprint density at radius 2 is 2.36 bits per heavy atom. The van der Waals surface area contributed by atoms with E-state index in [2.05, 4.69) is 4.72 Å². The summed E-state index contributed by atoms with van der Waals surface area (Å²) < 4.78 is 29.4. The van der Waals surface area contributed by atoms with Crippen molar-refractivity contribution in [3.05, 3.63) is 0 Å². The van der Waals surface area contributed by atoms with Gasteiger partial charge in [-0.3, -0.25) is 0 Å². The molecule has 1 saturated heterocycles. The third kappa shape index (κ3) is 2.76. The van der Waals surface area contributed by atoms with Crippen molar-refractivity contribution in [3.63, 3.8) is 0 Å². The summed E-state index contributed by atoms with van der Waals surface area (Å²) in [7, 11) is -1.66. The number of sulfonamides is 1. The van der Waals surface area contributed by atoms with Crippen molar-refractivity contribution >= 4 is 10.0 Å². The van der Waals surface area contributed by atoms with Crippen LogP contribution in [0.1, 0.15) is 12.8 Å². The number of ether oxygens (including phenoxy) is 1. The molecule has 0 radical (unpaired) electrons. The van der Waals surface area contributed by atoms with Crippen LogP contribution >= 0.6 is 0 Å². The molecule has 1 N–H and O–H groups in total. The molecule has 1 atom stereocenters. The van der Waals surface area contributed by atoms with Gasteiger partial charge in [0.25, 0.3) is 0 Å². The lowest BCUT2D eigenvalue weighted by atomic mass is 10.3. The van der Waals surface area contributed by atoms with Crippen LogP contribution in [0.4, 0.5) is 0 Å². The molecule has 0 bridgehead atoms. The Morgan fingerprint density at radius 1 is 1.64 bits per heavy atom. The van der Waals surface area contributed by atoms with Crippen LogP contribution in [0, 0.1) is 0 Å². The van der Waals surface area contributed by atoms with Gasteiger partial charge in [-0.2, -0.15) is 0 Å². The lowest BCUT2D eigenvalue weighted by Crippen LogP contribution is -2.29. The van der Waals surface area contributed by atoms with E-state index in [0.717, 1.165) is 12.8 Å². The molecule has 0 spiro atoms. The SMILES string of the molecule is CNS(=O)(=O)CC1CCCO1. The largest absolute Gasteiger partial charge is 0.377 e. The molecule has 1 fully saturated rings. The standard InChI is InChI=1S/C6H13NO3S/c1-7-11(8,9)5-6-3-2-4-10-6/h6-7H,2-5H2,1H3. The molecule has 4 nitrogen and oxygen atoms in total. The Bertz CT molecular complexity index is 206. The first-order valence-electron chi connectivity index (χ1n) is 3.67.